The van der Waals surface area contributed by atoms with Crippen molar-refractivity contribution in [3.63, 3.8) is 0 Å². The Morgan fingerprint density at radius 1 is 1.00 bits per heavy atom. The van der Waals surface area contributed by atoms with Crippen molar-refractivity contribution in [1.29, 1.82) is 0 Å². The highest BCUT2D eigenvalue weighted by molar-refractivity contribution is 6.30. The van der Waals surface area contributed by atoms with Gasteiger partial charge in [0.1, 0.15) is 11.6 Å². The molecular formula is C23H26ClF3N4O2. The standard InChI is InChI=1S/C23H26ClF3N4O2/c24-19-3-6-21(28-15-19)30-9-7-18(8-10-30)22(32)31-13-11-29(12-14-31)16-17-1-4-20(5-2-17)33-23(25,26)27/h1-6,15,18H,7-14,16H2. The third-order valence-electron chi connectivity index (χ3n) is 6.13. The lowest BCUT2D eigenvalue weighted by molar-refractivity contribution is -0.274. The lowest BCUT2D eigenvalue weighted by Gasteiger charge is -2.38. The highest BCUT2D eigenvalue weighted by atomic mass is 35.5. The van der Waals surface area contributed by atoms with Crippen LogP contribution >= 0.6 is 11.6 Å². The molecule has 0 aliphatic carbocycles. The zero-order chi connectivity index (χ0) is 23.4. The summed E-state index contributed by atoms with van der Waals surface area (Å²) in [6, 6.07) is 9.67. The number of ether oxygens (including phenoxy) is 1. The molecule has 2 aliphatic rings. The average molecular weight is 483 g/mol. The molecule has 0 N–H and O–H groups in total. The number of amides is 1. The minimum atomic E-state index is -4.69. The van der Waals surface area contributed by atoms with Crippen molar-refractivity contribution < 1.29 is 22.7 Å². The Morgan fingerprint density at radius 2 is 1.67 bits per heavy atom. The molecule has 2 fully saturated rings. The van der Waals surface area contributed by atoms with E-state index in [9.17, 15) is 18.0 Å². The fourth-order valence-corrected chi connectivity index (χ4v) is 4.46. The van der Waals surface area contributed by atoms with Gasteiger partial charge in [0.25, 0.3) is 0 Å². The second-order valence-electron chi connectivity index (χ2n) is 8.39. The van der Waals surface area contributed by atoms with Gasteiger partial charge in [-0.3, -0.25) is 9.69 Å². The zero-order valence-electron chi connectivity index (χ0n) is 18.1. The quantitative estimate of drug-likeness (QED) is 0.639. The van der Waals surface area contributed by atoms with Gasteiger partial charge in [0.05, 0.1) is 5.02 Å². The Hall–Kier alpha value is -2.52. The highest BCUT2D eigenvalue weighted by Gasteiger charge is 2.32. The molecule has 10 heteroatoms. The molecule has 1 aromatic carbocycles. The summed E-state index contributed by atoms with van der Waals surface area (Å²) >= 11 is 5.91. The predicted octanol–water partition coefficient (Wildman–Crippen LogP) is 4.19. The number of carbonyl (C=O) groups is 1. The van der Waals surface area contributed by atoms with E-state index in [-0.39, 0.29) is 17.6 Å². The summed E-state index contributed by atoms with van der Waals surface area (Å²) in [7, 11) is 0. The number of halogens is 4. The summed E-state index contributed by atoms with van der Waals surface area (Å²) in [6.45, 7) is 5.00. The largest absolute Gasteiger partial charge is 0.573 e. The molecule has 3 heterocycles. The second-order valence-corrected chi connectivity index (χ2v) is 8.83. The van der Waals surface area contributed by atoms with Gasteiger partial charge in [-0.05, 0) is 42.7 Å². The Kier molecular flexibility index (Phi) is 7.29. The summed E-state index contributed by atoms with van der Waals surface area (Å²) in [4.78, 5) is 23.7. The maximum Gasteiger partial charge on any atom is 0.573 e. The SMILES string of the molecule is O=C(C1CCN(c2ccc(Cl)cn2)CC1)N1CCN(Cc2ccc(OC(F)(F)F)cc2)CC1. The number of alkyl halides is 3. The predicted molar refractivity (Wildman–Crippen MR) is 119 cm³/mol. The van der Waals surface area contributed by atoms with E-state index >= 15 is 0 Å². The fraction of sp³-hybridized carbons (Fsp3) is 0.478. The van der Waals surface area contributed by atoms with Gasteiger partial charge in [-0.1, -0.05) is 23.7 Å². The van der Waals surface area contributed by atoms with E-state index in [1.54, 1.807) is 18.3 Å². The van der Waals surface area contributed by atoms with Crippen molar-refractivity contribution in [2.24, 2.45) is 5.92 Å². The molecule has 0 unspecified atom stereocenters. The van der Waals surface area contributed by atoms with Gasteiger partial charge in [0.15, 0.2) is 0 Å². The number of hydrogen-bond donors (Lipinski definition) is 0. The highest BCUT2D eigenvalue weighted by Crippen LogP contribution is 2.26. The minimum Gasteiger partial charge on any atom is -0.406 e. The van der Waals surface area contributed by atoms with Gasteiger partial charge in [0.2, 0.25) is 5.91 Å². The van der Waals surface area contributed by atoms with Gasteiger partial charge in [-0.25, -0.2) is 4.98 Å². The lowest BCUT2D eigenvalue weighted by atomic mass is 9.95. The van der Waals surface area contributed by atoms with Crippen molar-refractivity contribution in [3.8, 4) is 5.75 Å². The first-order valence-electron chi connectivity index (χ1n) is 11.0. The number of pyridine rings is 1. The number of nitrogens with zero attached hydrogens (tertiary/aromatic N) is 4. The second kappa shape index (κ2) is 10.2. The molecule has 2 aliphatic heterocycles. The van der Waals surface area contributed by atoms with Gasteiger partial charge < -0.3 is 14.5 Å². The molecule has 0 atom stereocenters. The van der Waals surface area contributed by atoms with Crippen LogP contribution in [-0.4, -0.2) is 66.3 Å². The molecular weight excluding hydrogens is 457 g/mol. The van der Waals surface area contributed by atoms with Crippen molar-refractivity contribution in [3.05, 3.63) is 53.2 Å². The van der Waals surface area contributed by atoms with Crippen LogP contribution < -0.4 is 9.64 Å². The number of carbonyl (C=O) groups excluding carboxylic acids is 1. The van der Waals surface area contributed by atoms with Gasteiger partial charge >= 0.3 is 6.36 Å². The molecule has 6 nitrogen and oxygen atoms in total. The molecule has 0 radical (unpaired) electrons. The van der Waals surface area contributed by atoms with Gasteiger partial charge in [0, 0.05) is 57.9 Å². The van der Waals surface area contributed by atoms with Crippen LogP contribution in [0.2, 0.25) is 5.02 Å². The average Bonchev–Trinajstić information content (AvgIpc) is 2.80. The maximum absolute atomic E-state index is 13.0. The third kappa shape index (κ3) is 6.51. The normalized spacial score (nSPS) is 18.4. The fourth-order valence-electron chi connectivity index (χ4n) is 4.35. The van der Waals surface area contributed by atoms with Crippen LogP contribution in [-0.2, 0) is 11.3 Å². The van der Waals surface area contributed by atoms with E-state index in [4.69, 9.17) is 11.6 Å². The summed E-state index contributed by atoms with van der Waals surface area (Å²) in [5, 5.41) is 0.607. The topological polar surface area (TPSA) is 48.9 Å². The molecule has 0 bridgehead atoms. The van der Waals surface area contributed by atoms with Crippen LogP contribution in [0.5, 0.6) is 5.75 Å². The van der Waals surface area contributed by atoms with Gasteiger partial charge in [-0.2, -0.15) is 0 Å². The Morgan fingerprint density at radius 3 is 2.24 bits per heavy atom. The van der Waals surface area contributed by atoms with Crippen LogP contribution in [0.3, 0.4) is 0 Å². The maximum atomic E-state index is 13.0. The third-order valence-corrected chi connectivity index (χ3v) is 6.35. The van der Waals surface area contributed by atoms with Crippen molar-refractivity contribution >= 4 is 23.3 Å². The first-order chi connectivity index (χ1) is 15.8. The van der Waals surface area contributed by atoms with Crippen LogP contribution in [0.4, 0.5) is 19.0 Å². The van der Waals surface area contributed by atoms with E-state index in [0.29, 0.717) is 24.7 Å². The molecule has 178 valence electrons. The van der Waals surface area contributed by atoms with E-state index in [1.165, 1.54) is 12.1 Å². The minimum absolute atomic E-state index is 0.0290. The summed E-state index contributed by atoms with van der Waals surface area (Å²) in [5.74, 6) is 0.907. The number of rotatable bonds is 5. The monoisotopic (exact) mass is 482 g/mol. The van der Waals surface area contributed by atoms with E-state index in [2.05, 4.69) is 19.5 Å². The van der Waals surface area contributed by atoms with Crippen LogP contribution in [0, 0.1) is 5.92 Å². The van der Waals surface area contributed by atoms with Crippen molar-refractivity contribution in [1.82, 2.24) is 14.8 Å². The molecule has 33 heavy (non-hydrogen) atoms. The molecule has 0 saturated carbocycles. The number of hydrogen-bond acceptors (Lipinski definition) is 5. The zero-order valence-corrected chi connectivity index (χ0v) is 18.9. The first kappa shape index (κ1) is 23.6. The van der Waals surface area contributed by atoms with E-state index in [1.807, 2.05) is 17.0 Å². The Balaban J connectivity index is 1.21. The molecule has 1 amide bonds. The summed E-state index contributed by atoms with van der Waals surface area (Å²) in [6.07, 6.45) is -1.45. The smallest absolute Gasteiger partial charge is 0.406 e. The number of benzene rings is 1. The van der Waals surface area contributed by atoms with E-state index in [0.717, 1.165) is 50.4 Å². The number of piperidine rings is 1. The van der Waals surface area contributed by atoms with Crippen molar-refractivity contribution in [2.45, 2.75) is 25.7 Å². The Labute approximate surface area is 195 Å². The first-order valence-corrected chi connectivity index (χ1v) is 11.4. The van der Waals surface area contributed by atoms with Crippen LogP contribution in [0.15, 0.2) is 42.6 Å². The molecule has 2 aromatic rings. The summed E-state index contributed by atoms with van der Waals surface area (Å²) in [5.41, 5.74) is 0.910. The Bertz CT molecular complexity index is 924. The molecule has 2 saturated heterocycles. The van der Waals surface area contributed by atoms with Crippen molar-refractivity contribution in [2.75, 3.05) is 44.2 Å². The number of piperazine rings is 1. The molecule has 1 aromatic heterocycles. The van der Waals surface area contributed by atoms with E-state index < -0.39 is 6.36 Å². The van der Waals surface area contributed by atoms with Crippen LogP contribution in [0.1, 0.15) is 18.4 Å². The number of anilines is 1. The molecule has 4 rings (SSSR count). The number of aromatic nitrogens is 1. The lowest BCUT2D eigenvalue weighted by Crippen LogP contribution is -2.51. The van der Waals surface area contributed by atoms with Crippen LogP contribution in [0.25, 0.3) is 0 Å². The molecule has 0 spiro atoms. The van der Waals surface area contributed by atoms with Gasteiger partial charge in [-0.15, -0.1) is 13.2 Å². The summed E-state index contributed by atoms with van der Waals surface area (Å²) < 4.78 is 40.8.